The van der Waals surface area contributed by atoms with Crippen molar-refractivity contribution in [1.82, 2.24) is 0 Å². The highest BCUT2D eigenvalue weighted by atomic mass is 35.5. The van der Waals surface area contributed by atoms with Gasteiger partial charge in [0.25, 0.3) is 0 Å². The monoisotopic (exact) mass is 127 g/mol. The fourth-order valence-corrected chi connectivity index (χ4v) is 0. The standard InChI is InChI=1S/C3H5Cl2O/c1-2-3(4,5)6/h2H2,1H3. The molecule has 0 aromatic heterocycles. The molecule has 0 spiro atoms. The maximum absolute atomic E-state index is 10.0. The highest BCUT2D eigenvalue weighted by Gasteiger charge is 2.16. The Bertz CT molecular complexity index is 38.5. The predicted molar refractivity (Wildman–Crippen MR) is 25.4 cm³/mol. The highest BCUT2D eigenvalue weighted by Crippen LogP contribution is 2.20. The van der Waals surface area contributed by atoms with E-state index in [0.717, 1.165) is 0 Å². The van der Waals surface area contributed by atoms with E-state index >= 15 is 0 Å². The first-order valence-electron chi connectivity index (χ1n) is 1.64. The lowest BCUT2D eigenvalue weighted by atomic mass is 10.5. The summed E-state index contributed by atoms with van der Waals surface area (Å²) in [6, 6.07) is 0. The summed E-state index contributed by atoms with van der Waals surface area (Å²) in [4.78, 5) is 0. The van der Waals surface area contributed by atoms with Gasteiger partial charge < -0.3 is 0 Å². The number of hydrogen-bond donors (Lipinski definition) is 0. The first kappa shape index (κ1) is 6.54. The van der Waals surface area contributed by atoms with Crippen LogP contribution in [-0.4, -0.2) is 4.52 Å². The Morgan fingerprint density at radius 3 is 1.83 bits per heavy atom. The van der Waals surface area contributed by atoms with Crippen molar-refractivity contribution in [3.05, 3.63) is 0 Å². The third-order valence-electron chi connectivity index (χ3n) is 0.412. The molecule has 3 heteroatoms. The van der Waals surface area contributed by atoms with E-state index in [1.165, 1.54) is 0 Å². The molecule has 0 heterocycles. The second-order valence-electron chi connectivity index (χ2n) is 0.991. The normalized spacial score (nSPS) is 12.0. The molecule has 37 valence electrons. The van der Waals surface area contributed by atoms with Crippen molar-refractivity contribution in [2.24, 2.45) is 0 Å². The Morgan fingerprint density at radius 2 is 1.83 bits per heavy atom. The van der Waals surface area contributed by atoms with Crippen LogP contribution in [0.5, 0.6) is 0 Å². The van der Waals surface area contributed by atoms with Gasteiger partial charge in [-0.3, -0.25) is 0 Å². The van der Waals surface area contributed by atoms with Crippen LogP contribution in [0.15, 0.2) is 0 Å². The van der Waals surface area contributed by atoms with Crippen molar-refractivity contribution in [3.63, 3.8) is 0 Å². The lowest BCUT2D eigenvalue weighted by Crippen LogP contribution is -2.04. The van der Waals surface area contributed by atoms with Gasteiger partial charge in [0.1, 0.15) is 0 Å². The first-order chi connectivity index (χ1) is 2.56. The summed E-state index contributed by atoms with van der Waals surface area (Å²) < 4.78 is -1.76. The molecule has 0 atom stereocenters. The zero-order valence-electron chi connectivity index (χ0n) is 3.37. The minimum atomic E-state index is -1.76. The summed E-state index contributed by atoms with van der Waals surface area (Å²) in [5, 5.41) is 10.0. The largest absolute Gasteiger partial charge is 0.249 e. The Morgan fingerprint density at radius 1 is 1.67 bits per heavy atom. The SMILES string of the molecule is CCC([O])(Cl)Cl. The molecule has 0 aliphatic rings. The van der Waals surface area contributed by atoms with Crippen LogP contribution in [0.1, 0.15) is 13.3 Å². The lowest BCUT2D eigenvalue weighted by molar-refractivity contribution is 0.118. The number of halogens is 2. The Labute approximate surface area is 46.9 Å². The molecule has 1 radical (unpaired) electrons. The second kappa shape index (κ2) is 2.01. The van der Waals surface area contributed by atoms with Gasteiger partial charge in [0.05, 0.1) is 0 Å². The van der Waals surface area contributed by atoms with Gasteiger partial charge in [-0.15, -0.1) is 0 Å². The van der Waals surface area contributed by atoms with Gasteiger partial charge in [0.15, 0.2) is 0 Å². The minimum Gasteiger partial charge on any atom is -0.194 e. The lowest BCUT2D eigenvalue weighted by Gasteiger charge is -2.00. The molecule has 0 fully saturated rings. The summed E-state index contributed by atoms with van der Waals surface area (Å²) in [6.07, 6.45) is 0.246. The molecule has 0 amide bonds. The smallest absolute Gasteiger partial charge is 0.194 e. The van der Waals surface area contributed by atoms with Gasteiger partial charge in [-0.25, -0.2) is 0 Å². The van der Waals surface area contributed by atoms with Crippen LogP contribution >= 0.6 is 23.2 Å². The van der Waals surface area contributed by atoms with Crippen molar-refractivity contribution in [1.29, 1.82) is 0 Å². The number of alkyl halides is 2. The minimum absolute atomic E-state index is 0.246. The van der Waals surface area contributed by atoms with E-state index in [1.54, 1.807) is 6.92 Å². The van der Waals surface area contributed by atoms with E-state index in [1.807, 2.05) is 0 Å². The molecule has 0 aromatic rings. The molecular weight excluding hydrogens is 123 g/mol. The van der Waals surface area contributed by atoms with Gasteiger partial charge >= 0.3 is 0 Å². The quantitative estimate of drug-likeness (QED) is 0.481. The molecule has 0 N–H and O–H groups in total. The van der Waals surface area contributed by atoms with Gasteiger partial charge in [0.2, 0.25) is 4.52 Å². The van der Waals surface area contributed by atoms with E-state index in [4.69, 9.17) is 23.2 Å². The molecule has 1 nitrogen and oxygen atoms in total. The number of rotatable bonds is 1. The molecule has 0 saturated heterocycles. The Kier molecular flexibility index (Phi) is 2.19. The third-order valence-corrected chi connectivity index (χ3v) is 0.946. The maximum Gasteiger partial charge on any atom is 0.249 e. The average molecular weight is 128 g/mol. The van der Waals surface area contributed by atoms with Crippen molar-refractivity contribution >= 4 is 23.2 Å². The third kappa shape index (κ3) is 4.54. The average Bonchev–Trinajstić information content (AvgIpc) is 1.35. The molecule has 0 bridgehead atoms. The van der Waals surface area contributed by atoms with E-state index in [9.17, 15) is 5.11 Å². The van der Waals surface area contributed by atoms with Crippen LogP contribution in [-0.2, 0) is 5.11 Å². The van der Waals surface area contributed by atoms with Gasteiger partial charge in [0, 0.05) is 6.42 Å². The van der Waals surface area contributed by atoms with Crippen LogP contribution in [0.25, 0.3) is 0 Å². The van der Waals surface area contributed by atoms with Gasteiger partial charge in [-0.1, -0.05) is 30.1 Å². The molecule has 0 rings (SSSR count). The van der Waals surface area contributed by atoms with Crippen LogP contribution in [0, 0.1) is 0 Å². The Balaban J connectivity index is 3.17. The van der Waals surface area contributed by atoms with E-state index in [2.05, 4.69) is 0 Å². The molecule has 6 heavy (non-hydrogen) atoms. The van der Waals surface area contributed by atoms with Gasteiger partial charge in [-0.05, 0) is 0 Å². The summed E-state index contributed by atoms with van der Waals surface area (Å²) in [7, 11) is 0. The van der Waals surface area contributed by atoms with Crippen molar-refractivity contribution in [2.45, 2.75) is 17.9 Å². The fourth-order valence-electron chi connectivity index (χ4n) is 0. The first-order valence-corrected chi connectivity index (χ1v) is 2.40. The van der Waals surface area contributed by atoms with Crippen LogP contribution in [0.3, 0.4) is 0 Å². The molecular formula is C3H5Cl2O. The molecule has 0 unspecified atom stereocenters. The van der Waals surface area contributed by atoms with Crippen molar-refractivity contribution < 1.29 is 5.11 Å². The topological polar surface area (TPSA) is 19.9 Å². The van der Waals surface area contributed by atoms with Crippen LogP contribution < -0.4 is 0 Å². The molecule has 0 aliphatic heterocycles. The molecule has 0 aromatic carbocycles. The highest BCUT2D eigenvalue weighted by molar-refractivity contribution is 6.46. The molecule has 0 saturated carbocycles. The molecule has 0 aliphatic carbocycles. The number of hydrogen-bond acceptors (Lipinski definition) is 0. The zero-order chi connectivity index (χ0) is 5.21. The van der Waals surface area contributed by atoms with Gasteiger partial charge in [-0.2, -0.15) is 5.11 Å². The zero-order valence-corrected chi connectivity index (χ0v) is 4.88. The summed E-state index contributed by atoms with van der Waals surface area (Å²) in [5.74, 6) is 0. The Hall–Kier alpha value is 0.540. The predicted octanol–water partition coefficient (Wildman–Crippen LogP) is 1.96. The van der Waals surface area contributed by atoms with Crippen LogP contribution in [0.2, 0.25) is 0 Å². The van der Waals surface area contributed by atoms with E-state index in [-0.39, 0.29) is 6.42 Å². The van der Waals surface area contributed by atoms with Crippen molar-refractivity contribution in [3.8, 4) is 0 Å². The second-order valence-corrected chi connectivity index (χ2v) is 2.41. The summed E-state index contributed by atoms with van der Waals surface area (Å²) in [6.45, 7) is 1.63. The van der Waals surface area contributed by atoms with E-state index in [0.29, 0.717) is 0 Å². The van der Waals surface area contributed by atoms with E-state index < -0.39 is 4.52 Å². The summed E-state index contributed by atoms with van der Waals surface area (Å²) in [5.41, 5.74) is 0. The fraction of sp³-hybridized carbons (Fsp3) is 1.00. The maximum atomic E-state index is 10.0. The van der Waals surface area contributed by atoms with Crippen LogP contribution in [0.4, 0.5) is 0 Å². The van der Waals surface area contributed by atoms with Crippen molar-refractivity contribution in [2.75, 3.05) is 0 Å². The summed E-state index contributed by atoms with van der Waals surface area (Å²) >= 11 is 9.85.